The van der Waals surface area contributed by atoms with Gasteiger partial charge in [-0.25, -0.2) is 0 Å². The first kappa shape index (κ1) is 17.9. The van der Waals surface area contributed by atoms with Gasteiger partial charge in [0.15, 0.2) is 0 Å². The number of anilines is 1. The molecular formula is C20H25NO3. The number of nitrogens with one attached hydrogen (secondary N) is 1. The molecule has 0 heterocycles. The fourth-order valence-electron chi connectivity index (χ4n) is 2.50. The summed E-state index contributed by atoms with van der Waals surface area (Å²) < 4.78 is 10.6. The van der Waals surface area contributed by atoms with Crippen LogP contribution in [-0.4, -0.2) is 20.1 Å². The monoisotopic (exact) mass is 327 g/mol. The molecule has 0 saturated carbocycles. The molecule has 0 saturated heterocycles. The van der Waals surface area contributed by atoms with Gasteiger partial charge < -0.3 is 14.8 Å². The topological polar surface area (TPSA) is 47.6 Å². The molecule has 24 heavy (non-hydrogen) atoms. The number of methoxy groups -OCH3 is 2. The third-order valence-electron chi connectivity index (χ3n) is 3.97. The predicted octanol–water partition coefficient (Wildman–Crippen LogP) is 4.40. The minimum absolute atomic E-state index is 0.0165. The van der Waals surface area contributed by atoms with Crippen molar-refractivity contribution in [1.82, 2.24) is 0 Å². The van der Waals surface area contributed by atoms with Crippen molar-refractivity contribution in [1.29, 1.82) is 0 Å². The zero-order valence-electron chi connectivity index (χ0n) is 14.8. The van der Waals surface area contributed by atoms with Gasteiger partial charge in [-0.05, 0) is 53.8 Å². The summed E-state index contributed by atoms with van der Waals surface area (Å²) in [6, 6.07) is 13.6. The van der Waals surface area contributed by atoms with Crippen LogP contribution in [0.4, 0.5) is 5.69 Å². The molecule has 2 aromatic carbocycles. The van der Waals surface area contributed by atoms with E-state index in [9.17, 15) is 4.79 Å². The van der Waals surface area contributed by atoms with Gasteiger partial charge in [0.1, 0.15) is 11.5 Å². The average Bonchev–Trinajstić information content (AvgIpc) is 2.60. The van der Waals surface area contributed by atoms with Crippen molar-refractivity contribution in [3.8, 4) is 11.5 Å². The number of amides is 1. The number of rotatable bonds is 7. The molecular weight excluding hydrogens is 302 g/mol. The molecule has 2 aromatic rings. The van der Waals surface area contributed by atoms with E-state index in [2.05, 4.69) is 19.2 Å². The smallest absolute Gasteiger partial charge is 0.224 e. The fourth-order valence-corrected chi connectivity index (χ4v) is 2.50. The summed E-state index contributed by atoms with van der Waals surface area (Å²) in [4.78, 5) is 12.2. The molecule has 4 heteroatoms. The Labute approximate surface area is 143 Å². The summed E-state index contributed by atoms with van der Waals surface area (Å²) >= 11 is 0. The van der Waals surface area contributed by atoms with Crippen LogP contribution in [-0.2, 0) is 11.2 Å². The Hall–Kier alpha value is -2.49. The Morgan fingerprint density at radius 2 is 1.75 bits per heavy atom. The van der Waals surface area contributed by atoms with Gasteiger partial charge in [0.25, 0.3) is 0 Å². The van der Waals surface area contributed by atoms with Gasteiger partial charge >= 0.3 is 0 Å². The highest BCUT2D eigenvalue weighted by atomic mass is 16.5. The molecule has 128 valence electrons. The van der Waals surface area contributed by atoms with Gasteiger partial charge in [-0.2, -0.15) is 0 Å². The number of aryl methyl sites for hydroxylation is 1. The van der Waals surface area contributed by atoms with Crippen LogP contribution in [0.2, 0.25) is 0 Å². The zero-order chi connectivity index (χ0) is 17.5. The normalized spacial score (nSPS) is 10.5. The van der Waals surface area contributed by atoms with Crippen LogP contribution in [0.25, 0.3) is 0 Å². The third-order valence-corrected chi connectivity index (χ3v) is 3.97. The summed E-state index contributed by atoms with van der Waals surface area (Å²) in [6.45, 7) is 4.30. The number of hydrogen-bond acceptors (Lipinski definition) is 3. The minimum atomic E-state index is -0.0165. The fraction of sp³-hybridized carbons (Fsp3) is 0.350. The van der Waals surface area contributed by atoms with Crippen molar-refractivity contribution in [2.75, 3.05) is 19.5 Å². The predicted molar refractivity (Wildman–Crippen MR) is 97.0 cm³/mol. The van der Waals surface area contributed by atoms with E-state index >= 15 is 0 Å². The standard InChI is InChI=1S/C20H25NO3/c1-14(2)15-5-8-17(9-6-15)21-20(22)12-7-16-13-18(23-3)10-11-19(16)24-4/h5-6,8-11,13-14H,7,12H2,1-4H3,(H,21,22). The highest BCUT2D eigenvalue weighted by Gasteiger charge is 2.09. The van der Waals surface area contributed by atoms with Gasteiger partial charge in [-0.1, -0.05) is 26.0 Å². The van der Waals surface area contributed by atoms with Crippen LogP contribution >= 0.6 is 0 Å². The van der Waals surface area contributed by atoms with E-state index in [-0.39, 0.29) is 5.91 Å². The zero-order valence-corrected chi connectivity index (χ0v) is 14.8. The van der Waals surface area contributed by atoms with E-state index < -0.39 is 0 Å². The summed E-state index contributed by atoms with van der Waals surface area (Å²) in [5.74, 6) is 1.99. The lowest BCUT2D eigenvalue weighted by atomic mass is 10.0. The lowest BCUT2D eigenvalue weighted by molar-refractivity contribution is -0.116. The van der Waals surface area contributed by atoms with Crippen molar-refractivity contribution >= 4 is 11.6 Å². The second-order valence-corrected chi connectivity index (χ2v) is 6.00. The first-order valence-electron chi connectivity index (χ1n) is 8.14. The van der Waals surface area contributed by atoms with E-state index in [1.807, 2.05) is 42.5 Å². The quantitative estimate of drug-likeness (QED) is 0.820. The van der Waals surface area contributed by atoms with Crippen LogP contribution in [0, 0.1) is 0 Å². The molecule has 0 aliphatic heterocycles. The molecule has 0 aliphatic carbocycles. The lowest BCUT2D eigenvalue weighted by Crippen LogP contribution is -2.12. The molecule has 0 atom stereocenters. The van der Waals surface area contributed by atoms with Crippen molar-refractivity contribution in [3.05, 3.63) is 53.6 Å². The first-order valence-corrected chi connectivity index (χ1v) is 8.14. The van der Waals surface area contributed by atoms with E-state index in [0.29, 0.717) is 18.8 Å². The Bertz CT molecular complexity index is 678. The molecule has 4 nitrogen and oxygen atoms in total. The molecule has 0 spiro atoms. The Kier molecular flexibility index (Phi) is 6.24. The van der Waals surface area contributed by atoms with Gasteiger partial charge in [-0.15, -0.1) is 0 Å². The second-order valence-electron chi connectivity index (χ2n) is 6.00. The number of carbonyl (C=O) groups excluding carboxylic acids is 1. The number of hydrogen-bond donors (Lipinski definition) is 1. The molecule has 1 amide bonds. The van der Waals surface area contributed by atoms with E-state index in [0.717, 1.165) is 22.7 Å². The molecule has 0 aliphatic rings. The van der Waals surface area contributed by atoms with Crippen LogP contribution in [0.3, 0.4) is 0 Å². The summed E-state index contributed by atoms with van der Waals surface area (Å²) in [7, 11) is 3.25. The first-order chi connectivity index (χ1) is 11.5. The summed E-state index contributed by atoms with van der Waals surface area (Å²) in [5, 5.41) is 2.93. The summed E-state index contributed by atoms with van der Waals surface area (Å²) in [5.41, 5.74) is 3.04. The molecule has 0 unspecified atom stereocenters. The largest absolute Gasteiger partial charge is 0.497 e. The van der Waals surface area contributed by atoms with E-state index in [1.54, 1.807) is 14.2 Å². The van der Waals surface area contributed by atoms with Crippen molar-refractivity contribution in [2.24, 2.45) is 0 Å². The molecule has 0 aromatic heterocycles. The molecule has 1 N–H and O–H groups in total. The lowest BCUT2D eigenvalue weighted by Gasteiger charge is -2.11. The Morgan fingerprint density at radius 1 is 1.04 bits per heavy atom. The molecule has 0 bridgehead atoms. The van der Waals surface area contributed by atoms with Crippen molar-refractivity contribution in [2.45, 2.75) is 32.6 Å². The van der Waals surface area contributed by atoms with Crippen LogP contribution in [0.15, 0.2) is 42.5 Å². The highest BCUT2D eigenvalue weighted by Crippen LogP contribution is 2.25. The van der Waals surface area contributed by atoms with Crippen molar-refractivity contribution in [3.63, 3.8) is 0 Å². The van der Waals surface area contributed by atoms with Gasteiger partial charge in [0, 0.05) is 12.1 Å². The van der Waals surface area contributed by atoms with Crippen LogP contribution in [0.5, 0.6) is 11.5 Å². The second kappa shape index (κ2) is 8.39. The highest BCUT2D eigenvalue weighted by molar-refractivity contribution is 5.90. The number of ether oxygens (including phenoxy) is 2. The maximum absolute atomic E-state index is 12.2. The SMILES string of the molecule is COc1ccc(OC)c(CCC(=O)Nc2ccc(C(C)C)cc2)c1. The average molecular weight is 327 g/mol. The maximum atomic E-state index is 12.2. The van der Waals surface area contributed by atoms with E-state index in [4.69, 9.17) is 9.47 Å². The van der Waals surface area contributed by atoms with Gasteiger partial charge in [-0.3, -0.25) is 4.79 Å². The van der Waals surface area contributed by atoms with Gasteiger partial charge in [0.05, 0.1) is 14.2 Å². The van der Waals surface area contributed by atoms with Crippen molar-refractivity contribution < 1.29 is 14.3 Å². The molecule has 2 rings (SSSR count). The Balaban J connectivity index is 1.95. The number of carbonyl (C=O) groups is 1. The minimum Gasteiger partial charge on any atom is -0.497 e. The Morgan fingerprint density at radius 3 is 2.33 bits per heavy atom. The molecule has 0 fully saturated rings. The maximum Gasteiger partial charge on any atom is 0.224 e. The number of benzene rings is 2. The third kappa shape index (κ3) is 4.75. The van der Waals surface area contributed by atoms with Crippen LogP contribution < -0.4 is 14.8 Å². The summed E-state index contributed by atoms with van der Waals surface area (Å²) in [6.07, 6.45) is 0.978. The molecule has 0 radical (unpaired) electrons. The van der Waals surface area contributed by atoms with E-state index in [1.165, 1.54) is 5.56 Å². The van der Waals surface area contributed by atoms with Crippen LogP contribution in [0.1, 0.15) is 37.3 Å². The van der Waals surface area contributed by atoms with Gasteiger partial charge in [0.2, 0.25) is 5.91 Å².